The Labute approximate surface area is 118 Å². The van der Waals surface area contributed by atoms with Crippen molar-refractivity contribution in [2.24, 2.45) is 0 Å². The van der Waals surface area contributed by atoms with Gasteiger partial charge < -0.3 is 19.0 Å². The number of nitrogens with zero attached hydrogens (tertiary/aromatic N) is 2. The molecule has 0 saturated carbocycles. The van der Waals surface area contributed by atoms with Crippen molar-refractivity contribution in [3.05, 3.63) is 29.7 Å². The number of carbonyl (C=O) groups excluding carboxylic acids is 1. The lowest BCUT2D eigenvalue weighted by Crippen LogP contribution is -2.14. The number of amides is 1. The molecule has 1 amide bonds. The minimum Gasteiger partial charge on any atom is -0.481 e. The van der Waals surface area contributed by atoms with Crippen molar-refractivity contribution in [2.75, 3.05) is 19.5 Å². The zero-order valence-corrected chi connectivity index (χ0v) is 11.1. The third kappa shape index (κ3) is 3.26. The average molecular weight is 293 g/mol. The Morgan fingerprint density at radius 2 is 1.81 bits per heavy atom. The SMILES string of the molecule is COc1cc(OC)nc(NC(=O)c2cc(C(=O)O)co2)n1. The molecule has 0 aliphatic heterocycles. The van der Waals surface area contributed by atoms with Crippen LogP contribution in [0.4, 0.5) is 5.95 Å². The molecule has 0 fully saturated rings. The van der Waals surface area contributed by atoms with Crippen LogP contribution >= 0.6 is 0 Å². The van der Waals surface area contributed by atoms with Gasteiger partial charge in [-0.1, -0.05) is 0 Å². The van der Waals surface area contributed by atoms with Crippen LogP contribution in [0.15, 0.2) is 22.8 Å². The van der Waals surface area contributed by atoms with Crippen molar-refractivity contribution in [1.29, 1.82) is 0 Å². The van der Waals surface area contributed by atoms with Crippen molar-refractivity contribution < 1.29 is 28.6 Å². The van der Waals surface area contributed by atoms with Crippen LogP contribution in [0.3, 0.4) is 0 Å². The number of hydrogen-bond donors (Lipinski definition) is 2. The molecule has 0 aliphatic rings. The number of carbonyl (C=O) groups is 2. The molecule has 0 spiro atoms. The van der Waals surface area contributed by atoms with E-state index in [4.69, 9.17) is 19.0 Å². The van der Waals surface area contributed by atoms with Gasteiger partial charge in [0.25, 0.3) is 5.91 Å². The lowest BCUT2D eigenvalue weighted by Gasteiger charge is -2.06. The number of carboxylic acid groups (broad SMARTS) is 1. The predicted octanol–water partition coefficient (Wildman–Crippen LogP) is 1.04. The highest BCUT2D eigenvalue weighted by Gasteiger charge is 2.16. The van der Waals surface area contributed by atoms with Gasteiger partial charge >= 0.3 is 5.97 Å². The summed E-state index contributed by atoms with van der Waals surface area (Å²) in [6.45, 7) is 0. The zero-order chi connectivity index (χ0) is 15.4. The second kappa shape index (κ2) is 5.90. The van der Waals surface area contributed by atoms with Crippen LogP contribution in [-0.4, -0.2) is 41.2 Å². The molecular weight excluding hydrogens is 282 g/mol. The summed E-state index contributed by atoms with van der Waals surface area (Å²) in [4.78, 5) is 30.4. The number of nitrogens with one attached hydrogen (secondary N) is 1. The van der Waals surface area contributed by atoms with E-state index in [2.05, 4.69) is 15.3 Å². The molecule has 2 N–H and O–H groups in total. The molecule has 0 unspecified atom stereocenters. The smallest absolute Gasteiger partial charge is 0.338 e. The van der Waals surface area contributed by atoms with Crippen LogP contribution in [0.1, 0.15) is 20.9 Å². The van der Waals surface area contributed by atoms with E-state index in [0.29, 0.717) is 0 Å². The molecule has 2 aromatic heterocycles. The number of aromatic nitrogens is 2. The first-order valence-electron chi connectivity index (χ1n) is 5.63. The molecule has 2 heterocycles. The van der Waals surface area contributed by atoms with E-state index in [9.17, 15) is 9.59 Å². The van der Waals surface area contributed by atoms with Crippen molar-refractivity contribution in [1.82, 2.24) is 9.97 Å². The zero-order valence-electron chi connectivity index (χ0n) is 11.1. The van der Waals surface area contributed by atoms with E-state index in [0.717, 1.165) is 12.3 Å². The lowest BCUT2D eigenvalue weighted by molar-refractivity contribution is 0.0696. The molecule has 0 aliphatic carbocycles. The molecule has 0 aromatic carbocycles. The highest BCUT2D eigenvalue weighted by atomic mass is 16.5. The van der Waals surface area contributed by atoms with E-state index in [1.807, 2.05) is 0 Å². The van der Waals surface area contributed by atoms with Crippen molar-refractivity contribution in [3.63, 3.8) is 0 Å². The number of anilines is 1. The standard InChI is InChI=1S/C12H11N3O6/c1-19-8-4-9(20-2)14-12(13-8)15-10(16)7-3-6(5-21-7)11(17)18/h3-5H,1-2H3,(H,17,18)(H,13,14,15,16). The van der Waals surface area contributed by atoms with Gasteiger partial charge in [-0.25, -0.2) is 4.79 Å². The fraction of sp³-hybridized carbons (Fsp3) is 0.167. The average Bonchev–Trinajstić information content (AvgIpc) is 2.97. The summed E-state index contributed by atoms with van der Waals surface area (Å²) in [5, 5.41) is 11.1. The van der Waals surface area contributed by atoms with Gasteiger partial charge in [0.2, 0.25) is 17.7 Å². The molecular formula is C12H11N3O6. The van der Waals surface area contributed by atoms with E-state index >= 15 is 0 Å². The Bertz CT molecular complexity index is 659. The Kier molecular flexibility index (Phi) is 4.02. The van der Waals surface area contributed by atoms with E-state index in [-0.39, 0.29) is 29.0 Å². The maximum absolute atomic E-state index is 11.9. The van der Waals surface area contributed by atoms with Crippen LogP contribution in [-0.2, 0) is 0 Å². The number of hydrogen-bond acceptors (Lipinski definition) is 7. The van der Waals surface area contributed by atoms with Gasteiger partial charge in [0.05, 0.1) is 25.8 Å². The molecule has 9 heteroatoms. The number of methoxy groups -OCH3 is 2. The second-order valence-electron chi connectivity index (χ2n) is 3.74. The second-order valence-corrected chi connectivity index (χ2v) is 3.74. The first-order chi connectivity index (χ1) is 10.0. The summed E-state index contributed by atoms with van der Waals surface area (Å²) in [6, 6.07) is 2.53. The molecule has 21 heavy (non-hydrogen) atoms. The normalized spacial score (nSPS) is 10.0. The Morgan fingerprint density at radius 3 is 2.29 bits per heavy atom. The fourth-order valence-corrected chi connectivity index (χ4v) is 1.40. The molecule has 0 atom stereocenters. The van der Waals surface area contributed by atoms with Crippen LogP contribution in [0, 0.1) is 0 Å². The third-order valence-electron chi connectivity index (χ3n) is 2.39. The Balaban J connectivity index is 2.20. The van der Waals surface area contributed by atoms with Crippen molar-refractivity contribution in [3.8, 4) is 11.8 Å². The van der Waals surface area contributed by atoms with Crippen LogP contribution in [0.2, 0.25) is 0 Å². The predicted molar refractivity (Wildman–Crippen MR) is 68.8 cm³/mol. The van der Waals surface area contributed by atoms with Crippen molar-refractivity contribution >= 4 is 17.8 Å². The van der Waals surface area contributed by atoms with Gasteiger partial charge in [-0.3, -0.25) is 10.1 Å². The molecule has 0 bridgehead atoms. The summed E-state index contributed by atoms with van der Waals surface area (Å²) in [6.07, 6.45) is 0.963. The van der Waals surface area contributed by atoms with E-state index < -0.39 is 11.9 Å². The molecule has 9 nitrogen and oxygen atoms in total. The summed E-state index contributed by atoms with van der Waals surface area (Å²) >= 11 is 0. The maximum Gasteiger partial charge on any atom is 0.338 e. The van der Waals surface area contributed by atoms with Gasteiger partial charge in [0, 0.05) is 6.07 Å². The Hall–Kier alpha value is -3.10. The maximum atomic E-state index is 11.9. The fourth-order valence-electron chi connectivity index (χ4n) is 1.40. The van der Waals surface area contributed by atoms with Gasteiger partial charge in [0.15, 0.2) is 5.76 Å². The molecule has 0 saturated heterocycles. The molecule has 110 valence electrons. The van der Waals surface area contributed by atoms with Crippen molar-refractivity contribution in [2.45, 2.75) is 0 Å². The quantitative estimate of drug-likeness (QED) is 0.837. The number of furan rings is 1. The van der Waals surface area contributed by atoms with Crippen LogP contribution in [0.5, 0.6) is 11.8 Å². The number of aromatic carboxylic acids is 1. The largest absolute Gasteiger partial charge is 0.481 e. The minimum absolute atomic E-state index is 0.0653. The van der Waals surface area contributed by atoms with E-state index in [1.165, 1.54) is 20.3 Å². The number of carboxylic acids is 1. The van der Waals surface area contributed by atoms with Gasteiger partial charge in [-0.2, -0.15) is 9.97 Å². The summed E-state index contributed by atoms with van der Waals surface area (Å²) in [7, 11) is 2.80. The number of rotatable bonds is 5. The Morgan fingerprint density at radius 1 is 1.19 bits per heavy atom. The third-order valence-corrected chi connectivity index (χ3v) is 2.39. The monoisotopic (exact) mass is 293 g/mol. The van der Waals surface area contributed by atoms with Crippen LogP contribution in [0.25, 0.3) is 0 Å². The molecule has 0 radical (unpaired) electrons. The van der Waals surface area contributed by atoms with E-state index in [1.54, 1.807) is 0 Å². The first kappa shape index (κ1) is 14.3. The minimum atomic E-state index is -1.20. The first-order valence-corrected chi connectivity index (χ1v) is 5.63. The topological polar surface area (TPSA) is 124 Å². The molecule has 2 rings (SSSR count). The molecule has 2 aromatic rings. The lowest BCUT2D eigenvalue weighted by atomic mass is 10.3. The van der Waals surface area contributed by atoms with Gasteiger partial charge in [0.1, 0.15) is 6.26 Å². The highest BCUT2D eigenvalue weighted by Crippen LogP contribution is 2.18. The highest BCUT2D eigenvalue weighted by molar-refractivity contribution is 6.02. The summed E-state index contributed by atoms with van der Waals surface area (Å²) in [5.74, 6) is -1.75. The van der Waals surface area contributed by atoms with Gasteiger partial charge in [-0.05, 0) is 0 Å². The summed E-state index contributed by atoms with van der Waals surface area (Å²) < 4.78 is 14.7. The van der Waals surface area contributed by atoms with Gasteiger partial charge in [-0.15, -0.1) is 0 Å². The number of ether oxygens (including phenoxy) is 2. The van der Waals surface area contributed by atoms with Crippen LogP contribution < -0.4 is 14.8 Å². The summed E-state index contributed by atoms with van der Waals surface area (Å²) in [5.41, 5.74) is -0.135.